The van der Waals surface area contributed by atoms with Gasteiger partial charge in [0.05, 0.1) is 17.7 Å². The molecule has 2 fully saturated rings. The summed E-state index contributed by atoms with van der Waals surface area (Å²) in [5, 5.41) is 0. The third kappa shape index (κ3) is 6.23. The summed E-state index contributed by atoms with van der Waals surface area (Å²) >= 11 is 0. The third-order valence-corrected chi connectivity index (χ3v) is 6.26. The van der Waals surface area contributed by atoms with Crippen molar-refractivity contribution in [1.82, 2.24) is 14.7 Å². The molecule has 1 atom stereocenters. The van der Waals surface area contributed by atoms with Crippen LogP contribution in [-0.4, -0.2) is 58.4 Å². The lowest BCUT2D eigenvalue weighted by Crippen LogP contribution is -2.67. The number of benzene rings is 2. The Hall–Kier alpha value is -3.91. The highest BCUT2D eigenvalue weighted by atomic mass is 19.4. The summed E-state index contributed by atoms with van der Waals surface area (Å²) in [6, 6.07) is 3.42. The predicted octanol–water partition coefficient (Wildman–Crippen LogP) is 4.54. The van der Waals surface area contributed by atoms with Gasteiger partial charge in [-0.05, 0) is 42.0 Å². The lowest BCUT2D eigenvalue weighted by atomic mass is 10.1. The molecular formula is C24H19F8N3O4. The molecule has 0 aromatic heterocycles. The average molecular weight is 565 g/mol. The van der Waals surface area contributed by atoms with Crippen molar-refractivity contribution in [2.75, 3.05) is 19.6 Å². The monoisotopic (exact) mass is 565 g/mol. The van der Waals surface area contributed by atoms with Gasteiger partial charge in [0.2, 0.25) is 11.8 Å². The summed E-state index contributed by atoms with van der Waals surface area (Å²) in [6.07, 6.45) is -12.7. The Bertz CT molecular complexity index is 1260. The van der Waals surface area contributed by atoms with Crippen molar-refractivity contribution in [2.24, 2.45) is 0 Å². The number of rotatable bonds is 4. The molecule has 2 aromatic rings. The molecule has 0 aliphatic carbocycles. The van der Waals surface area contributed by atoms with E-state index in [1.807, 2.05) is 0 Å². The van der Waals surface area contributed by atoms with Crippen LogP contribution in [0.2, 0.25) is 0 Å². The Kier molecular flexibility index (Phi) is 7.45. The van der Waals surface area contributed by atoms with Crippen molar-refractivity contribution in [1.29, 1.82) is 0 Å². The molecule has 2 saturated heterocycles. The molecule has 2 aromatic carbocycles. The lowest BCUT2D eigenvalue weighted by Gasteiger charge is -2.48. The van der Waals surface area contributed by atoms with Crippen molar-refractivity contribution in [3.63, 3.8) is 0 Å². The second kappa shape index (κ2) is 10.3. The fourth-order valence-electron chi connectivity index (χ4n) is 4.34. The lowest BCUT2D eigenvalue weighted by molar-refractivity contribution is -0.160. The molecule has 0 bridgehead atoms. The van der Waals surface area contributed by atoms with Crippen LogP contribution in [0, 0.1) is 11.6 Å². The Balaban J connectivity index is 1.52. The van der Waals surface area contributed by atoms with Crippen LogP contribution in [0.25, 0.3) is 0 Å². The molecule has 7 nitrogen and oxygen atoms in total. The number of amides is 3. The van der Waals surface area contributed by atoms with E-state index in [-0.39, 0.29) is 37.7 Å². The van der Waals surface area contributed by atoms with Crippen molar-refractivity contribution >= 4 is 17.9 Å². The predicted molar refractivity (Wildman–Crippen MR) is 115 cm³/mol. The van der Waals surface area contributed by atoms with Crippen LogP contribution in [0.15, 0.2) is 36.4 Å². The number of carbonyl (C=O) groups is 3. The Morgan fingerprint density at radius 3 is 2.18 bits per heavy atom. The third-order valence-electron chi connectivity index (χ3n) is 6.26. The topological polar surface area (TPSA) is 70.2 Å². The van der Waals surface area contributed by atoms with Crippen LogP contribution in [0.4, 0.5) is 39.9 Å². The summed E-state index contributed by atoms with van der Waals surface area (Å²) in [7, 11) is 0. The summed E-state index contributed by atoms with van der Waals surface area (Å²) in [5.74, 6) is -2.63. The molecule has 2 aliphatic heterocycles. The standard InChI is InChI=1S/C24H19F8N3O4/c25-17-1-2-18(26)14(7-17)9-33-10-19-34(4-3-20(36)35(19)11-21(33)37)22(38)39-12-13-5-15(23(27,28)29)8-16(6-13)24(30,31)32/h1-2,5-8,19H,3-4,9-12H2. The van der Waals surface area contributed by atoms with Gasteiger partial charge in [0.15, 0.2) is 0 Å². The number of piperazine rings is 1. The molecule has 0 radical (unpaired) electrons. The van der Waals surface area contributed by atoms with Gasteiger partial charge in [-0.1, -0.05) is 0 Å². The Labute approximate surface area is 215 Å². The van der Waals surface area contributed by atoms with Gasteiger partial charge < -0.3 is 14.5 Å². The van der Waals surface area contributed by atoms with E-state index >= 15 is 0 Å². The van der Waals surface area contributed by atoms with E-state index in [2.05, 4.69) is 0 Å². The molecule has 1 unspecified atom stereocenters. The molecule has 39 heavy (non-hydrogen) atoms. The van der Waals surface area contributed by atoms with Gasteiger partial charge in [-0.25, -0.2) is 13.6 Å². The average Bonchev–Trinajstić information content (AvgIpc) is 2.84. The summed E-state index contributed by atoms with van der Waals surface area (Å²) < 4.78 is 111. The number of ether oxygens (including phenoxy) is 1. The van der Waals surface area contributed by atoms with Crippen LogP contribution in [0.3, 0.4) is 0 Å². The maximum atomic E-state index is 14.1. The minimum absolute atomic E-state index is 0.0610. The summed E-state index contributed by atoms with van der Waals surface area (Å²) in [4.78, 5) is 41.0. The van der Waals surface area contributed by atoms with Crippen LogP contribution in [0.5, 0.6) is 0 Å². The molecular weight excluding hydrogens is 546 g/mol. The Morgan fingerprint density at radius 2 is 1.56 bits per heavy atom. The first-order valence-electron chi connectivity index (χ1n) is 11.4. The fraction of sp³-hybridized carbons (Fsp3) is 0.375. The van der Waals surface area contributed by atoms with E-state index in [0.29, 0.717) is 12.1 Å². The second-order valence-electron chi connectivity index (χ2n) is 8.92. The van der Waals surface area contributed by atoms with E-state index in [9.17, 15) is 49.5 Å². The van der Waals surface area contributed by atoms with Gasteiger partial charge in [-0.2, -0.15) is 26.3 Å². The van der Waals surface area contributed by atoms with Crippen LogP contribution in [0.1, 0.15) is 28.7 Å². The van der Waals surface area contributed by atoms with E-state index in [4.69, 9.17) is 4.74 Å². The summed E-state index contributed by atoms with van der Waals surface area (Å²) in [5.41, 5.74) is -3.89. The SMILES string of the molecule is O=C1CN2C(=O)CCN(C(=O)OCc3cc(C(F)(F)F)cc(C(F)(F)F)c3)C2CN1Cc1cc(F)ccc1F. The molecule has 2 heterocycles. The van der Waals surface area contributed by atoms with E-state index in [1.54, 1.807) is 0 Å². The number of hydrogen-bond acceptors (Lipinski definition) is 4. The zero-order valence-corrected chi connectivity index (χ0v) is 19.8. The highest BCUT2D eigenvalue weighted by Gasteiger charge is 2.44. The smallest absolute Gasteiger partial charge is 0.416 e. The normalized spacial score (nSPS) is 18.4. The van der Waals surface area contributed by atoms with Gasteiger partial charge in [-0.15, -0.1) is 0 Å². The molecule has 0 N–H and O–H groups in total. The molecule has 2 aliphatic rings. The summed E-state index contributed by atoms with van der Waals surface area (Å²) in [6.45, 7) is -2.36. The first-order chi connectivity index (χ1) is 18.1. The van der Waals surface area contributed by atoms with Crippen LogP contribution >= 0.6 is 0 Å². The number of halogens is 8. The van der Waals surface area contributed by atoms with Gasteiger partial charge in [-0.3, -0.25) is 14.5 Å². The molecule has 0 spiro atoms. The molecule has 0 saturated carbocycles. The van der Waals surface area contributed by atoms with Crippen LogP contribution in [-0.2, 0) is 39.8 Å². The van der Waals surface area contributed by atoms with E-state index in [0.717, 1.165) is 32.9 Å². The molecule has 15 heteroatoms. The van der Waals surface area contributed by atoms with Gasteiger partial charge in [0, 0.05) is 25.1 Å². The maximum absolute atomic E-state index is 14.1. The van der Waals surface area contributed by atoms with Crippen LogP contribution < -0.4 is 0 Å². The van der Waals surface area contributed by atoms with Crippen molar-refractivity contribution in [2.45, 2.75) is 38.1 Å². The van der Waals surface area contributed by atoms with E-state index in [1.165, 1.54) is 0 Å². The number of alkyl halides is 6. The zero-order chi connectivity index (χ0) is 28.7. The second-order valence-corrected chi connectivity index (χ2v) is 8.92. The molecule has 4 rings (SSSR count). The number of hydrogen-bond donors (Lipinski definition) is 0. The van der Waals surface area contributed by atoms with Gasteiger partial charge in [0.1, 0.15) is 31.0 Å². The quantitative estimate of drug-likeness (QED) is 0.511. The highest BCUT2D eigenvalue weighted by molar-refractivity contribution is 5.88. The number of nitrogens with zero attached hydrogens (tertiary/aromatic N) is 3. The van der Waals surface area contributed by atoms with Gasteiger partial charge >= 0.3 is 18.4 Å². The highest BCUT2D eigenvalue weighted by Crippen LogP contribution is 2.36. The maximum Gasteiger partial charge on any atom is 0.416 e. The van der Waals surface area contributed by atoms with Crippen molar-refractivity contribution < 1.29 is 54.2 Å². The van der Waals surface area contributed by atoms with Crippen molar-refractivity contribution in [3.8, 4) is 0 Å². The number of carbonyl (C=O) groups excluding carboxylic acids is 3. The van der Waals surface area contributed by atoms with E-state index < -0.39 is 77.9 Å². The molecule has 3 amide bonds. The zero-order valence-electron chi connectivity index (χ0n) is 19.8. The first kappa shape index (κ1) is 28.1. The van der Waals surface area contributed by atoms with Crippen molar-refractivity contribution in [3.05, 3.63) is 70.3 Å². The molecule has 210 valence electrons. The fourth-order valence-corrected chi connectivity index (χ4v) is 4.34. The minimum atomic E-state index is -5.09. The number of fused-ring (bicyclic) bond motifs is 1. The largest absolute Gasteiger partial charge is 0.444 e. The van der Waals surface area contributed by atoms with Gasteiger partial charge in [0.25, 0.3) is 0 Å². The first-order valence-corrected chi connectivity index (χ1v) is 11.4. The Morgan fingerprint density at radius 1 is 0.923 bits per heavy atom. The minimum Gasteiger partial charge on any atom is -0.444 e.